The predicted molar refractivity (Wildman–Crippen MR) is 42.4 cm³/mol. The molecule has 0 N–H and O–H groups in total. The molecule has 0 aliphatic carbocycles. The lowest BCUT2D eigenvalue weighted by Crippen LogP contribution is -2.03. The van der Waals surface area contributed by atoms with Crippen molar-refractivity contribution in [3.05, 3.63) is 27.7 Å². The first-order valence-electron chi connectivity index (χ1n) is 3.64. The van der Waals surface area contributed by atoms with Crippen molar-refractivity contribution >= 4 is 5.82 Å². The molecule has 0 aromatic carbocycles. The number of ether oxygens (including phenoxy) is 1. The molecule has 0 saturated carbocycles. The van der Waals surface area contributed by atoms with Gasteiger partial charge in [0.05, 0.1) is 7.11 Å². The van der Waals surface area contributed by atoms with Gasteiger partial charge in [-0.15, -0.1) is 0 Å². The molecule has 0 amide bonds. The van der Waals surface area contributed by atoms with E-state index < -0.39 is 34.3 Å². The summed E-state index contributed by atoms with van der Waals surface area (Å²) < 4.78 is 41.9. The van der Waals surface area contributed by atoms with Crippen LogP contribution in [0.3, 0.4) is 0 Å². The van der Waals surface area contributed by atoms with Crippen LogP contribution in [0.5, 0.6) is 5.75 Å². The fourth-order valence-corrected chi connectivity index (χ4v) is 0.938. The Bertz CT molecular complexity index is 397. The molecule has 1 heterocycles. The van der Waals surface area contributed by atoms with Crippen LogP contribution in [0.2, 0.25) is 0 Å². The van der Waals surface area contributed by atoms with Gasteiger partial charge in [0, 0.05) is 0 Å². The Hall–Kier alpha value is -1.86. The summed E-state index contributed by atoms with van der Waals surface area (Å²) in [5, 5.41) is 10.3. The van der Waals surface area contributed by atoms with Crippen LogP contribution in [0.15, 0.2) is 6.20 Å². The van der Waals surface area contributed by atoms with Gasteiger partial charge in [-0.3, -0.25) is 0 Å². The lowest BCUT2D eigenvalue weighted by molar-refractivity contribution is -0.390. The number of pyridine rings is 1. The second-order valence-electron chi connectivity index (χ2n) is 2.44. The van der Waals surface area contributed by atoms with E-state index in [0.717, 1.165) is 7.11 Å². The summed E-state index contributed by atoms with van der Waals surface area (Å²) in [5.41, 5.74) is -1.03. The lowest BCUT2D eigenvalue weighted by Gasteiger charge is -2.05. The highest BCUT2D eigenvalue weighted by atomic mass is 19.3. The Morgan fingerprint density at radius 1 is 1.60 bits per heavy atom. The Labute approximate surface area is 81.6 Å². The molecular weight excluding hydrogens is 217 g/mol. The third kappa shape index (κ3) is 1.97. The maximum absolute atomic E-state index is 13.2. The molecule has 8 heteroatoms. The highest BCUT2D eigenvalue weighted by Gasteiger charge is 2.28. The minimum Gasteiger partial charge on any atom is -0.487 e. The van der Waals surface area contributed by atoms with E-state index in [9.17, 15) is 23.3 Å². The van der Waals surface area contributed by atoms with Gasteiger partial charge in [0.25, 0.3) is 12.2 Å². The number of nitrogens with zero attached hydrogens (tertiary/aromatic N) is 2. The van der Waals surface area contributed by atoms with Gasteiger partial charge in [-0.2, -0.15) is 0 Å². The topological polar surface area (TPSA) is 65.3 Å². The minimum absolute atomic E-state index is 0.417. The average molecular weight is 222 g/mol. The maximum Gasteiger partial charge on any atom is 0.409 e. The second-order valence-corrected chi connectivity index (χ2v) is 2.44. The molecule has 0 bridgehead atoms. The zero-order chi connectivity index (χ0) is 11.6. The van der Waals surface area contributed by atoms with Gasteiger partial charge < -0.3 is 14.9 Å². The van der Waals surface area contributed by atoms with Crippen molar-refractivity contribution in [2.45, 2.75) is 6.43 Å². The third-order valence-electron chi connectivity index (χ3n) is 1.59. The normalized spacial score (nSPS) is 10.5. The first kappa shape index (κ1) is 11.2. The standard InChI is InChI=1S/C7H5F3N2O3/c1-15-5-4(8)3(6(9)10)2-11-7(5)12(13)14/h2,6H,1H3. The Kier molecular flexibility index (Phi) is 3.08. The van der Waals surface area contributed by atoms with Crippen LogP contribution < -0.4 is 4.74 Å². The number of rotatable bonds is 3. The summed E-state index contributed by atoms with van der Waals surface area (Å²) in [7, 11) is 0.933. The van der Waals surface area contributed by atoms with Crippen molar-refractivity contribution < 1.29 is 22.8 Å². The zero-order valence-corrected chi connectivity index (χ0v) is 7.41. The number of methoxy groups -OCH3 is 1. The van der Waals surface area contributed by atoms with Crippen molar-refractivity contribution in [1.82, 2.24) is 4.98 Å². The van der Waals surface area contributed by atoms with Crippen LogP contribution in [0.4, 0.5) is 19.0 Å². The molecule has 5 nitrogen and oxygen atoms in total. The summed E-state index contributed by atoms with van der Waals surface area (Å²) in [6, 6.07) is 0. The molecule has 0 radical (unpaired) electrons. The molecule has 1 rings (SSSR count). The lowest BCUT2D eigenvalue weighted by atomic mass is 10.2. The van der Waals surface area contributed by atoms with Crippen LogP contribution in [0, 0.1) is 15.9 Å². The van der Waals surface area contributed by atoms with E-state index in [1.807, 2.05) is 0 Å². The van der Waals surface area contributed by atoms with Crippen molar-refractivity contribution in [2.24, 2.45) is 0 Å². The fourth-order valence-electron chi connectivity index (χ4n) is 0.938. The van der Waals surface area contributed by atoms with Gasteiger partial charge >= 0.3 is 5.82 Å². The molecule has 0 aliphatic rings. The molecule has 0 aliphatic heterocycles. The van der Waals surface area contributed by atoms with Crippen molar-refractivity contribution in [1.29, 1.82) is 0 Å². The smallest absolute Gasteiger partial charge is 0.409 e. The van der Waals surface area contributed by atoms with Crippen molar-refractivity contribution in [2.75, 3.05) is 7.11 Å². The van der Waals surface area contributed by atoms with E-state index >= 15 is 0 Å². The summed E-state index contributed by atoms with van der Waals surface area (Å²) in [4.78, 5) is 12.4. The van der Waals surface area contributed by atoms with E-state index in [4.69, 9.17) is 0 Å². The van der Waals surface area contributed by atoms with Crippen LogP contribution in [-0.4, -0.2) is 17.0 Å². The molecule has 82 valence electrons. The van der Waals surface area contributed by atoms with E-state index in [2.05, 4.69) is 9.72 Å². The van der Waals surface area contributed by atoms with E-state index in [1.54, 1.807) is 0 Å². The molecule has 0 fully saturated rings. The maximum atomic E-state index is 13.2. The molecule has 0 saturated heterocycles. The van der Waals surface area contributed by atoms with E-state index in [-0.39, 0.29) is 0 Å². The molecule has 0 unspecified atom stereocenters. The van der Waals surface area contributed by atoms with Gasteiger partial charge in [0.2, 0.25) is 0 Å². The first-order chi connectivity index (χ1) is 6.99. The number of alkyl halides is 2. The molecular formula is C7H5F3N2O3. The number of hydrogen-bond acceptors (Lipinski definition) is 4. The van der Waals surface area contributed by atoms with Gasteiger partial charge in [-0.25, -0.2) is 13.2 Å². The summed E-state index contributed by atoms with van der Waals surface area (Å²) >= 11 is 0. The van der Waals surface area contributed by atoms with Crippen LogP contribution in [0.1, 0.15) is 12.0 Å². The van der Waals surface area contributed by atoms with Gasteiger partial charge in [-0.05, 0) is 9.91 Å². The second kappa shape index (κ2) is 4.11. The zero-order valence-electron chi connectivity index (χ0n) is 7.41. The van der Waals surface area contributed by atoms with Crippen molar-refractivity contribution in [3.8, 4) is 5.75 Å². The Morgan fingerprint density at radius 2 is 2.20 bits per heavy atom. The van der Waals surface area contributed by atoms with Crippen LogP contribution in [-0.2, 0) is 0 Å². The van der Waals surface area contributed by atoms with E-state index in [0.29, 0.717) is 6.20 Å². The predicted octanol–water partition coefficient (Wildman–Crippen LogP) is 2.08. The molecule has 1 aromatic heterocycles. The highest BCUT2D eigenvalue weighted by Crippen LogP contribution is 2.33. The van der Waals surface area contributed by atoms with Gasteiger partial charge in [0.1, 0.15) is 5.56 Å². The number of halogens is 3. The van der Waals surface area contributed by atoms with Crippen LogP contribution >= 0.6 is 0 Å². The Morgan fingerprint density at radius 3 is 2.60 bits per heavy atom. The van der Waals surface area contributed by atoms with Gasteiger partial charge in [-0.1, -0.05) is 0 Å². The van der Waals surface area contributed by atoms with E-state index in [1.165, 1.54) is 0 Å². The number of hydrogen-bond donors (Lipinski definition) is 0. The van der Waals surface area contributed by atoms with Crippen LogP contribution in [0.25, 0.3) is 0 Å². The molecule has 0 atom stereocenters. The van der Waals surface area contributed by atoms with Crippen molar-refractivity contribution in [3.63, 3.8) is 0 Å². The minimum atomic E-state index is -3.10. The third-order valence-corrected chi connectivity index (χ3v) is 1.59. The molecule has 0 spiro atoms. The first-order valence-corrected chi connectivity index (χ1v) is 3.64. The Balaban J connectivity index is 3.39. The number of nitro groups is 1. The summed E-state index contributed by atoms with van der Waals surface area (Å²) in [6.45, 7) is 0. The molecule has 1 aromatic rings. The number of aromatic nitrogens is 1. The summed E-state index contributed by atoms with van der Waals surface area (Å²) in [5.74, 6) is -3.29. The molecule has 15 heavy (non-hydrogen) atoms. The monoisotopic (exact) mass is 222 g/mol. The largest absolute Gasteiger partial charge is 0.487 e. The fraction of sp³-hybridized carbons (Fsp3) is 0.286. The SMILES string of the molecule is COc1c([N+](=O)[O-])ncc(C(F)F)c1F. The highest BCUT2D eigenvalue weighted by molar-refractivity contribution is 5.43. The quantitative estimate of drug-likeness (QED) is 0.580. The average Bonchev–Trinajstić information content (AvgIpc) is 2.16. The van der Waals surface area contributed by atoms with Gasteiger partial charge in [0.15, 0.2) is 12.0 Å². The summed E-state index contributed by atoms with van der Waals surface area (Å²) in [6.07, 6.45) is -2.69.